The predicted molar refractivity (Wildman–Crippen MR) is 123 cm³/mol. The molecule has 1 aromatic heterocycles. The molecule has 0 unspecified atom stereocenters. The van der Waals surface area contributed by atoms with Crippen LogP contribution in [-0.4, -0.2) is 33.0 Å². The van der Waals surface area contributed by atoms with E-state index in [2.05, 4.69) is 37.9 Å². The lowest BCUT2D eigenvalue weighted by atomic mass is 9.92. The third-order valence-electron chi connectivity index (χ3n) is 4.91. The van der Waals surface area contributed by atoms with Gasteiger partial charge in [-0.1, -0.05) is 49.4 Å². The summed E-state index contributed by atoms with van der Waals surface area (Å²) in [4.78, 5) is 31.3. The van der Waals surface area contributed by atoms with Gasteiger partial charge in [-0.25, -0.2) is 4.98 Å². The molecule has 1 amide bonds. The molecule has 0 bridgehead atoms. The van der Waals surface area contributed by atoms with Crippen LogP contribution < -0.4 is 11.1 Å². The standard InChI is InChI=1S/C22H23IN4O3/c1-13(14-5-3-2-4-6-14)20(27-19(28)11-17(24)22(29)30)21-25-12-18(26-21)15-7-9-16(23)10-8-15/h2-10,12-13,17,20H,11,24H2,1H3,(H,25,26)(H,27,28)(H,29,30)/t13-,17+,20-/m0/s1. The van der Waals surface area contributed by atoms with E-state index in [9.17, 15) is 9.59 Å². The summed E-state index contributed by atoms with van der Waals surface area (Å²) in [7, 11) is 0. The molecule has 7 nitrogen and oxygen atoms in total. The number of aliphatic carboxylic acids is 1. The number of carboxylic acid groups (broad SMARTS) is 1. The smallest absolute Gasteiger partial charge is 0.321 e. The molecule has 0 aliphatic heterocycles. The SMILES string of the molecule is C[C@@H](c1ccccc1)[C@H](NC(=O)C[C@@H](N)C(=O)O)c1ncc(-c2ccc(I)cc2)[nH]1. The van der Waals surface area contributed by atoms with Gasteiger partial charge in [-0.3, -0.25) is 9.59 Å². The van der Waals surface area contributed by atoms with Gasteiger partial charge in [0, 0.05) is 9.49 Å². The highest BCUT2D eigenvalue weighted by Crippen LogP contribution is 2.30. The number of aromatic amines is 1. The molecule has 0 spiro atoms. The molecular formula is C22H23IN4O3. The number of aromatic nitrogens is 2. The number of halogens is 1. The zero-order valence-corrected chi connectivity index (χ0v) is 18.5. The number of carbonyl (C=O) groups is 2. The van der Waals surface area contributed by atoms with E-state index < -0.39 is 24.0 Å². The van der Waals surface area contributed by atoms with Crippen molar-refractivity contribution in [1.82, 2.24) is 15.3 Å². The number of nitrogens with zero attached hydrogens (tertiary/aromatic N) is 1. The number of imidazole rings is 1. The van der Waals surface area contributed by atoms with E-state index in [4.69, 9.17) is 10.8 Å². The Kier molecular flexibility index (Phi) is 7.22. The number of carboxylic acids is 1. The normalized spacial score (nSPS) is 14.0. The Morgan fingerprint density at radius 3 is 2.47 bits per heavy atom. The van der Waals surface area contributed by atoms with E-state index in [0.717, 1.165) is 20.4 Å². The Balaban J connectivity index is 1.88. The highest BCUT2D eigenvalue weighted by molar-refractivity contribution is 14.1. The molecule has 0 radical (unpaired) electrons. The topological polar surface area (TPSA) is 121 Å². The third kappa shape index (κ3) is 5.45. The highest BCUT2D eigenvalue weighted by Gasteiger charge is 2.27. The molecule has 0 fully saturated rings. The van der Waals surface area contributed by atoms with Gasteiger partial charge in [0.1, 0.15) is 11.9 Å². The van der Waals surface area contributed by atoms with Crippen LogP contribution >= 0.6 is 22.6 Å². The lowest BCUT2D eigenvalue weighted by molar-refractivity contribution is -0.140. The quantitative estimate of drug-likeness (QED) is 0.341. The van der Waals surface area contributed by atoms with E-state index in [-0.39, 0.29) is 12.3 Å². The zero-order chi connectivity index (χ0) is 21.7. The number of nitrogens with two attached hydrogens (primary N) is 1. The van der Waals surface area contributed by atoms with Crippen molar-refractivity contribution in [2.24, 2.45) is 5.73 Å². The molecule has 3 atom stereocenters. The number of nitrogens with one attached hydrogen (secondary N) is 2. The van der Waals surface area contributed by atoms with E-state index in [1.54, 1.807) is 6.20 Å². The number of H-pyrrole nitrogens is 1. The second-order valence-electron chi connectivity index (χ2n) is 7.08. The maximum Gasteiger partial charge on any atom is 0.321 e. The zero-order valence-electron chi connectivity index (χ0n) is 16.4. The number of amides is 1. The van der Waals surface area contributed by atoms with Gasteiger partial charge in [0.25, 0.3) is 0 Å². The molecule has 1 heterocycles. The van der Waals surface area contributed by atoms with Gasteiger partial charge in [-0.05, 0) is 45.9 Å². The number of hydrogen-bond donors (Lipinski definition) is 4. The van der Waals surface area contributed by atoms with Crippen LogP contribution in [0.4, 0.5) is 0 Å². The van der Waals surface area contributed by atoms with Crippen molar-refractivity contribution in [1.29, 1.82) is 0 Å². The van der Waals surface area contributed by atoms with E-state index in [0.29, 0.717) is 5.82 Å². The average Bonchev–Trinajstić information content (AvgIpc) is 3.22. The molecule has 0 saturated heterocycles. The number of benzene rings is 2. The number of rotatable bonds is 8. The van der Waals surface area contributed by atoms with Crippen molar-refractivity contribution in [2.75, 3.05) is 0 Å². The van der Waals surface area contributed by atoms with E-state index >= 15 is 0 Å². The first-order chi connectivity index (χ1) is 14.3. The molecule has 5 N–H and O–H groups in total. The maximum absolute atomic E-state index is 12.5. The lowest BCUT2D eigenvalue weighted by Gasteiger charge is -2.24. The Morgan fingerprint density at radius 2 is 1.83 bits per heavy atom. The fourth-order valence-electron chi connectivity index (χ4n) is 3.17. The van der Waals surface area contributed by atoms with Gasteiger partial charge in [0.05, 0.1) is 24.4 Å². The van der Waals surface area contributed by atoms with Crippen molar-refractivity contribution >= 4 is 34.5 Å². The summed E-state index contributed by atoms with van der Waals surface area (Å²) >= 11 is 2.25. The average molecular weight is 518 g/mol. The maximum atomic E-state index is 12.5. The van der Waals surface area contributed by atoms with Crippen LogP contribution in [0.2, 0.25) is 0 Å². The molecule has 30 heavy (non-hydrogen) atoms. The molecular weight excluding hydrogens is 495 g/mol. The van der Waals surface area contributed by atoms with Gasteiger partial charge in [0.2, 0.25) is 5.91 Å². The van der Waals surface area contributed by atoms with Crippen molar-refractivity contribution in [3.63, 3.8) is 0 Å². The van der Waals surface area contributed by atoms with Gasteiger partial charge in [-0.15, -0.1) is 0 Å². The molecule has 0 saturated carbocycles. The van der Waals surface area contributed by atoms with Crippen LogP contribution in [0.1, 0.15) is 36.7 Å². The Hall–Kier alpha value is -2.72. The summed E-state index contributed by atoms with van der Waals surface area (Å²) in [5, 5.41) is 11.9. The van der Waals surface area contributed by atoms with Crippen LogP contribution in [0.15, 0.2) is 60.8 Å². The number of carbonyl (C=O) groups excluding carboxylic acids is 1. The van der Waals surface area contributed by atoms with Crippen molar-refractivity contribution in [2.45, 2.75) is 31.3 Å². The third-order valence-corrected chi connectivity index (χ3v) is 5.63. The van der Waals surface area contributed by atoms with Crippen molar-refractivity contribution in [3.05, 3.63) is 75.8 Å². The summed E-state index contributed by atoms with van der Waals surface area (Å²) < 4.78 is 1.13. The van der Waals surface area contributed by atoms with Gasteiger partial charge < -0.3 is 21.1 Å². The predicted octanol–water partition coefficient (Wildman–Crippen LogP) is 3.44. The van der Waals surface area contributed by atoms with E-state index in [1.165, 1.54) is 0 Å². The molecule has 2 aromatic carbocycles. The minimum Gasteiger partial charge on any atom is -0.480 e. The molecule has 8 heteroatoms. The first-order valence-corrected chi connectivity index (χ1v) is 10.6. The van der Waals surface area contributed by atoms with Crippen LogP contribution in [-0.2, 0) is 9.59 Å². The summed E-state index contributed by atoms with van der Waals surface area (Å²) in [5.74, 6) is -1.16. The molecule has 0 aliphatic carbocycles. The minimum absolute atomic E-state index is 0.105. The van der Waals surface area contributed by atoms with Crippen molar-refractivity contribution in [3.8, 4) is 11.3 Å². The Morgan fingerprint density at radius 1 is 1.17 bits per heavy atom. The van der Waals surface area contributed by atoms with Crippen LogP contribution in [0, 0.1) is 3.57 Å². The fourth-order valence-corrected chi connectivity index (χ4v) is 3.53. The Labute approximate surface area is 188 Å². The first kappa shape index (κ1) is 22.0. The Bertz CT molecular complexity index is 1000. The molecule has 0 aliphatic rings. The summed E-state index contributed by atoms with van der Waals surface area (Å²) in [6, 6.07) is 16.1. The second-order valence-corrected chi connectivity index (χ2v) is 8.33. The van der Waals surface area contributed by atoms with Gasteiger partial charge >= 0.3 is 5.97 Å². The summed E-state index contributed by atoms with van der Waals surface area (Å²) in [6.45, 7) is 1.99. The fraction of sp³-hybridized carbons (Fsp3) is 0.227. The number of hydrogen-bond acceptors (Lipinski definition) is 4. The molecule has 3 rings (SSSR count). The summed E-state index contributed by atoms with van der Waals surface area (Å²) in [6.07, 6.45) is 1.43. The highest BCUT2D eigenvalue weighted by atomic mass is 127. The van der Waals surface area contributed by atoms with Gasteiger partial charge in [0.15, 0.2) is 0 Å². The molecule has 156 valence electrons. The van der Waals surface area contributed by atoms with Crippen molar-refractivity contribution < 1.29 is 14.7 Å². The molecule has 3 aromatic rings. The first-order valence-electron chi connectivity index (χ1n) is 9.48. The van der Waals surface area contributed by atoms with E-state index in [1.807, 2.05) is 61.5 Å². The van der Waals surface area contributed by atoms with Crippen LogP contribution in [0.5, 0.6) is 0 Å². The lowest BCUT2D eigenvalue weighted by Crippen LogP contribution is -2.39. The van der Waals surface area contributed by atoms with Crippen LogP contribution in [0.25, 0.3) is 11.3 Å². The minimum atomic E-state index is -1.25. The van der Waals surface area contributed by atoms with Gasteiger partial charge in [-0.2, -0.15) is 0 Å². The monoisotopic (exact) mass is 518 g/mol. The second kappa shape index (κ2) is 9.86. The van der Waals surface area contributed by atoms with Crippen LogP contribution in [0.3, 0.4) is 0 Å². The largest absolute Gasteiger partial charge is 0.480 e. The summed E-state index contributed by atoms with van der Waals surface area (Å²) in [5.41, 5.74) is 8.37.